The molecule has 1 saturated heterocycles. The van der Waals surface area contributed by atoms with Crippen molar-refractivity contribution in [3.8, 4) is 0 Å². The lowest BCUT2D eigenvalue weighted by atomic mass is 9.96. The molecule has 13 heavy (non-hydrogen) atoms. The molecule has 0 saturated carbocycles. The maximum absolute atomic E-state index is 11.6. The Kier molecular flexibility index (Phi) is 2.45. The van der Waals surface area contributed by atoms with Crippen molar-refractivity contribution < 1.29 is 8.42 Å². The van der Waals surface area contributed by atoms with Crippen molar-refractivity contribution in [3.05, 3.63) is 12.3 Å². The lowest BCUT2D eigenvalue weighted by Gasteiger charge is -2.27. The zero-order valence-corrected chi connectivity index (χ0v) is 9.32. The molecule has 0 radical (unpaired) electrons. The summed E-state index contributed by atoms with van der Waals surface area (Å²) in [5, 5.41) is 0. The average Bonchev–Trinajstić information content (AvgIpc) is 1.85. The molecule has 1 aliphatic rings. The van der Waals surface area contributed by atoms with Gasteiger partial charge in [-0.05, 0) is 5.41 Å². The van der Waals surface area contributed by atoms with Crippen LogP contribution < -0.4 is 0 Å². The van der Waals surface area contributed by atoms with Gasteiger partial charge in [0.1, 0.15) is 0 Å². The van der Waals surface area contributed by atoms with E-state index in [1.54, 1.807) is 0 Å². The molecule has 0 amide bonds. The van der Waals surface area contributed by atoms with E-state index in [1.807, 2.05) is 25.8 Å². The van der Waals surface area contributed by atoms with Crippen molar-refractivity contribution in [1.82, 2.24) is 4.90 Å². The summed E-state index contributed by atoms with van der Waals surface area (Å²) < 4.78 is 23.1. The smallest absolute Gasteiger partial charge is 0.156 e. The molecule has 0 bridgehead atoms. The van der Waals surface area contributed by atoms with Gasteiger partial charge in [0.05, 0.1) is 11.5 Å². The second-order valence-corrected chi connectivity index (χ2v) is 6.68. The molecule has 0 aromatic carbocycles. The molecule has 3 nitrogen and oxygen atoms in total. The Balaban J connectivity index is 3.00. The molecule has 0 aromatic rings. The lowest BCUT2D eigenvalue weighted by Crippen LogP contribution is -2.31. The van der Waals surface area contributed by atoms with E-state index < -0.39 is 9.84 Å². The van der Waals surface area contributed by atoms with Crippen molar-refractivity contribution in [1.29, 1.82) is 0 Å². The molecule has 0 spiro atoms. The van der Waals surface area contributed by atoms with E-state index >= 15 is 0 Å². The molecule has 0 unspecified atom stereocenters. The van der Waals surface area contributed by atoms with E-state index in [-0.39, 0.29) is 16.9 Å². The minimum Gasteiger partial charge on any atom is -0.377 e. The summed E-state index contributed by atoms with van der Waals surface area (Å²) >= 11 is 0. The Morgan fingerprint density at radius 2 is 2.00 bits per heavy atom. The highest BCUT2D eigenvalue weighted by Gasteiger charge is 2.32. The molecule has 0 N–H and O–H groups in total. The van der Waals surface area contributed by atoms with E-state index in [0.717, 1.165) is 6.54 Å². The van der Waals surface area contributed by atoms with Crippen molar-refractivity contribution in [2.24, 2.45) is 5.41 Å². The van der Waals surface area contributed by atoms with Gasteiger partial charge in [0, 0.05) is 19.3 Å². The van der Waals surface area contributed by atoms with Gasteiger partial charge in [-0.15, -0.1) is 0 Å². The highest BCUT2D eigenvalue weighted by atomic mass is 32.2. The monoisotopic (exact) mass is 203 g/mol. The third kappa shape index (κ3) is 2.72. The topological polar surface area (TPSA) is 37.4 Å². The van der Waals surface area contributed by atoms with E-state index in [0.29, 0.717) is 5.70 Å². The number of hydrogen-bond donors (Lipinski definition) is 0. The van der Waals surface area contributed by atoms with Crippen molar-refractivity contribution in [3.63, 3.8) is 0 Å². The maximum Gasteiger partial charge on any atom is 0.156 e. The van der Waals surface area contributed by atoms with Crippen LogP contribution in [0.25, 0.3) is 0 Å². The van der Waals surface area contributed by atoms with Crippen LogP contribution >= 0.6 is 0 Å². The van der Waals surface area contributed by atoms with Gasteiger partial charge in [-0.25, -0.2) is 8.42 Å². The van der Waals surface area contributed by atoms with Crippen LogP contribution in [-0.2, 0) is 9.84 Å². The first-order chi connectivity index (χ1) is 5.72. The average molecular weight is 203 g/mol. The van der Waals surface area contributed by atoms with Gasteiger partial charge in [0.2, 0.25) is 0 Å². The lowest BCUT2D eigenvalue weighted by molar-refractivity contribution is 0.280. The Morgan fingerprint density at radius 3 is 2.54 bits per heavy atom. The second kappa shape index (κ2) is 3.01. The standard InChI is InChI=1S/C9H17NO2S/c1-8-5-13(11,12)7-9(2,3)6-10(8)4/h1,5-7H2,2-4H3. The first-order valence-corrected chi connectivity index (χ1v) is 6.13. The van der Waals surface area contributed by atoms with E-state index in [4.69, 9.17) is 0 Å². The summed E-state index contributed by atoms with van der Waals surface area (Å²) in [5.41, 5.74) is 0.526. The van der Waals surface area contributed by atoms with Gasteiger partial charge in [-0.2, -0.15) is 0 Å². The Morgan fingerprint density at radius 1 is 1.46 bits per heavy atom. The van der Waals surface area contributed by atoms with Gasteiger partial charge in [0.25, 0.3) is 0 Å². The zero-order chi connectivity index (χ0) is 10.3. The van der Waals surface area contributed by atoms with Gasteiger partial charge >= 0.3 is 0 Å². The normalized spacial score (nSPS) is 27.0. The van der Waals surface area contributed by atoms with Gasteiger partial charge < -0.3 is 4.90 Å². The van der Waals surface area contributed by atoms with Crippen LogP contribution in [0.2, 0.25) is 0 Å². The second-order valence-electron chi connectivity index (χ2n) is 4.62. The fourth-order valence-corrected chi connectivity index (χ4v) is 3.92. The first-order valence-electron chi connectivity index (χ1n) is 4.31. The maximum atomic E-state index is 11.6. The number of nitrogens with zero attached hydrogens (tertiary/aromatic N) is 1. The molecule has 0 atom stereocenters. The third-order valence-electron chi connectivity index (χ3n) is 2.20. The fourth-order valence-electron chi connectivity index (χ4n) is 1.81. The van der Waals surface area contributed by atoms with Crippen LogP contribution in [0.1, 0.15) is 13.8 Å². The molecular formula is C9H17NO2S. The third-order valence-corrected chi connectivity index (χ3v) is 4.20. The van der Waals surface area contributed by atoms with E-state index in [9.17, 15) is 8.42 Å². The van der Waals surface area contributed by atoms with Crippen LogP contribution in [0, 0.1) is 5.41 Å². The summed E-state index contributed by atoms with van der Waals surface area (Å²) in [5.74, 6) is 0.357. The largest absolute Gasteiger partial charge is 0.377 e. The van der Waals surface area contributed by atoms with Crippen LogP contribution in [-0.4, -0.2) is 38.4 Å². The number of sulfone groups is 1. The number of rotatable bonds is 0. The highest BCUT2D eigenvalue weighted by Crippen LogP contribution is 2.25. The summed E-state index contributed by atoms with van der Waals surface area (Å²) in [4.78, 5) is 1.94. The SMILES string of the molecule is C=C1CS(=O)(=O)CC(C)(C)CN1C. The summed E-state index contributed by atoms with van der Waals surface area (Å²) in [7, 11) is -1.06. The van der Waals surface area contributed by atoms with Gasteiger partial charge in [-0.1, -0.05) is 20.4 Å². The fraction of sp³-hybridized carbons (Fsp3) is 0.778. The van der Waals surface area contributed by atoms with Crippen molar-refractivity contribution in [2.45, 2.75) is 13.8 Å². The molecule has 1 aliphatic heterocycles. The van der Waals surface area contributed by atoms with Crippen LogP contribution in [0.4, 0.5) is 0 Å². The first kappa shape index (κ1) is 10.6. The molecule has 0 aromatic heterocycles. The summed E-state index contributed by atoms with van der Waals surface area (Å²) in [6, 6.07) is 0. The Labute approximate surface area is 80.3 Å². The Hall–Kier alpha value is -0.510. The molecule has 0 aliphatic carbocycles. The number of hydrogen-bond acceptors (Lipinski definition) is 3. The van der Waals surface area contributed by atoms with Crippen LogP contribution in [0.3, 0.4) is 0 Å². The Bertz CT molecular complexity index is 317. The van der Waals surface area contributed by atoms with Gasteiger partial charge in [-0.3, -0.25) is 0 Å². The molecule has 4 heteroatoms. The predicted molar refractivity (Wildman–Crippen MR) is 54.2 cm³/mol. The highest BCUT2D eigenvalue weighted by molar-refractivity contribution is 7.91. The molecule has 1 heterocycles. The summed E-state index contributed by atoms with van der Waals surface area (Å²) in [6.45, 7) is 8.46. The van der Waals surface area contributed by atoms with Crippen LogP contribution in [0.15, 0.2) is 12.3 Å². The molecule has 1 rings (SSSR count). The molecular weight excluding hydrogens is 186 g/mol. The predicted octanol–water partition coefficient (Wildman–Crippen LogP) is 0.887. The van der Waals surface area contributed by atoms with Crippen LogP contribution in [0.5, 0.6) is 0 Å². The van der Waals surface area contributed by atoms with E-state index in [1.165, 1.54) is 0 Å². The molecule has 1 fully saturated rings. The van der Waals surface area contributed by atoms with Crippen molar-refractivity contribution >= 4 is 9.84 Å². The zero-order valence-electron chi connectivity index (χ0n) is 8.50. The van der Waals surface area contributed by atoms with E-state index in [2.05, 4.69) is 6.58 Å². The molecule has 76 valence electrons. The minimum atomic E-state index is -2.95. The quantitative estimate of drug-likeness (QED) is 0.586. The minimum absolute atomic E-state index is 0.104. The van der Waals surface area contributed by atoms with Gasteiger partial charge in [0.15, 0.2) is 9.84 Å². The van der Waals surface area contributed by atoms with Crippen molar-refractivity contribution in [2.75, 3.05) is 25.1 Å². The summed E-state index contributed by atoms with van der Waals surface area (Å²) in [6.07, 6.45) is 0.